The summed E-state index contributed by atoms with van der Waals surface area (Å²) in [5.74, 6) is 0.928. The van der Waals surface area contributed by atoms with Crippen molar-refractivity contribution in [2.75, 3.05) is 18.5 Å². The summed E-state index contributed by atoms with van der Waals surface area (Å²) in [6.45, 7) is 7.85. The predicted octanol–water partition coefficient (Wildman–Crippen LogP) is 4.55. The molecule has 0 amide bonds. The number of hydrogen-bond donors (Lipinski definition) is 0. The second-order valence-corrected chi connectivity index (χ2v) is 6.38. The Bertz CT molecular complexity index is 211. The highest BCUT2D eigenvalue weighted by atomic mass is 79.9. The Morgan fingerprint density at radius 1 is 1.22 bits per heavy atom. The van der Waals surface area contributed by atoms with Gasteiger partial charge in [0.2, 0.25) is 0 Å². The van der Waals surface area contributed by atoms with E-state index in [1.807, 2.05) is 0 Å². The summed E-state index contributed by atoms with van der Waals surface area (Å²) < 4.78 is 11.7. The summed E-state index contributed by atoms with van der Waals surface area (Å²) in [7, 11) is 0. The third kappa shape index (κ3) is 5.58. The standard InChI is InChI=1S/C15H29BrO2/c1-4-5-14-6-8-15(12-16,9-7-14)18-11-10-17-13(2)3/h13-14H,4-12H2,1-3H3. The van der Waals surface area contributed by atoms with Crippen LogP contribution in [0, 0.1) is 5.92 Å². The predicted molar refractivity (Wildman–Crippen MR) is 80.4 cm³/mol. The van der Waals surface area contributed by atoms with Gasteiger partial charge in [0.25, 0.3) is 0 Å². The summed E-state index contributed by atoms with van der Waals surface area (Å²) >= 11 is 3.64. The van der Waals surface area contributed by atoms with Crippen molar-refractivity contribution in [1.82, 2.24) is 0 Å². The lowest BCUT2D eigenvalue weighted by molar-refractivity contribution is -0.0849. The molecule has 1 rings (SSSR count). The largest absolute Gasteiger partial charge is 0.376 e. The van der Waals surface area contributed by atoms with E-state index >= 15 is 0 Å². The summed E-state index contributed by atoms with van der Waals surface area (Å²) in [5.41, 5.74) is 0.0740. The van der Waals surface area contributed by atoms with Crippen molar-refractivity contribution in [1.29, 1.82) is 0 Å². The van der Waals surface area contributed by atoms with Crippen LogP contribution in [-0.2, 0) is 9.47 Å². The third-order valence-corrected chi connectivity index (χ3v) is 4.92. The lowest BCUT2D eigenvalue weighted by Gasteiger charge is -2.39. The Kier molecular flexibility index (Phi) is 7.81. The van der Waals surface area contributed by atoms with E-state index in [2.05, 4.69) is 36.7 Å². The molecule has 108 valence electrons. The summed E-state index contributed by atoms with van der Waals surface area (Å²) in [4.78, 5) is 0. The van der Waals surface area contributed by atoms with Crippen LogP contribution in [-0.4, -0.2) is 30.2 Å². The van der Waals surface area contributed by atoms with Crippen LogP contribution in [0.2, 0.25) is 0 Å². The first-order valence-electron chi connectivity index (χ1n) is 7.43. The van der Waals surface area contributed by atoms with E-state index in [1.165, 1.54) is 38.5 Å². The number of ether oxygens (including phenoxy) is 2. The van der Waals surface area contributed by atoms with Crippen LogP contribution in [0.15, 0.2) is 0 Å². The van der Waals surface area contributed by atoms with Gasteiger partial charge in [-0.25, -0.2) is 0 Å². The minimum atomic E-state index is 0.0740. The molecule has 0 bridgehead atoms. The minimum Gasteiger partial charge on any atom is -0.376 e. The highest BCUT2D eigenvalue weighted by molar-refractivity contribution is 9.09. The first-order valence-corrected chi connectivity index (χ1v) is 8.55. The van der Waals surface area contributed by atoms with Crippen LogP contribution < -0.4 is 0 Å². The van der Waals surface area contributed by atoms with Gasteiger partial charge in [-0.15, -0.1) is 0 Å². The molecule has 0 saturated heterocycles. The Morgan fingerprint density at radius 2 is 1.89 bits per heavy atom. The van der Waals surface area contributed by atoms with Gasteiger partial charge in [-0.3, -0.25) is 0 Å². The first kappa shape index (κ1) is 16.5. The molecule has 0 aromatic heterocycles. The normalized spacial score (nSPS) is 28.8. The van der Waals surface area contributed by atoms with Crippen LogP contribution in [0.4, 0.5) is 0 Å². The Morgan fingerprint density at radius 3 is 2.39 bits per heavy atom. The Labute approximate surface area is 121 Å². The maximum atomic E-state index is 6.12. The zero-order valence-corrected chi connectivity index (χ0v) is 13.8. The van der Waals surface area contributed by atoms with E-state index in [9.17, 15) is 0 Å². The number of halogens is 1. The maximum absolute atomic E-state index is 6.12. The van der Waals surface area contributed by atoms with Gasteiger partial charge in [0.1, 0.15) is 0 Å². The van der Waals surface area contributed by atoms with Crippen molar-refractivity contribution >= 4 is 15.9 Å². The molecule has 1 saturated carbocycles. The smallest absolute Gasteiger partial charge is 0.0780 e. The fraction of sp³-hybridized carbons (Fsp3) is 1.00. The molecule has 1 aliphatic carbocycles. The van der Waals surface area contributed by atoms with Gasteiger partial charge in [0, 0.05) is 5.33 Å². The van der Waals surface area contributed by atoms with E-state index < -0.39 is 0 Å². The molecule has 0 heterocycles. The quantitative estimate of drug-likeness (QED) is 0.482. The molecular formula is C15H29BrO2. The summed E-state index contributed by atoms with van der Waals surface area (Å²) in [6, 6.07) is 0. The number of alkyl halides is 1. The van der Waals surface area contributed by atoms with Crippen LogP contribution in [0.1, 0.15) is 59.3 Å². The highest BCUT2D eigenvalue weighted by Crippen LogP contribution is 2.37. The molecule has 0 spiro atoms. The fourth-order valence-electron chi connectivity index (χ4n) is 2.76. The molecule has 18 heavy (non-hydrogen) atoms. The van der Waals surface area contributed by atoms with Gasteiger partial charge >= 0.3 is 0 Å². The fourth-order valence-corrected chi connectivity index (χ4v) is 3.48. The molecule has 0 atom stereocenters. The molecular weight excluding hydrogens is 292 g/mol. The first-order chi connectivity index (χ1) is 8.62. The molecule has 3 heteroatoms. The second-order valence-electron chi connectivity index (χ2n) is 5.82. The van der Waals surface area contributed by atoms with E-state index in [-0.39, 0.29) is 5.60 Å². The average molecular weight is 321 g/mol. The summed E-state index contributed by atoms with van der Waals surface area (Å²) in [5, 5.41) is 0.959. The average Bonchev–Trinajstić information content (AvgIpc) is 2.37. The van der Waals surface area contributed by atoms with E-state index in [1.54, 1.807) is 0 Å². The van der Waals surface area contributed by atoms with Crippen LogP contribution in [0.3, 0.4) is 0 Å². The van der Waals surface area contributed by atoms with E-state index in [4.69, 9.17) is 9.47 Å². The Hall–Kier alpha value is 0.400. The lowest BCUT2D eigenvalue weighted by atomic mass is 9.78. The molecule has 1 fully saturated rings. The van der Waals surface area contributed by atoms with Crippen molar-refractivity contribution in [3.05, 3.63) is 0 Å². The zero-order chi connectivity index (χ0) is 13.4. The van der Waals surface area contributed by atoms with Gasteiger partial charge in [0.15, 0.2) is 0 Å². The highest BCUT2D eigenvalue weighted by Gasteiger charge is 2.34. The number of rotatable bonds is 8. The SMILES string of the molecule is CCCC1CCC(CBr)(OCCOC(C)C)CC1. The zero-order valence-electron chi connectivity index (χ0n) is 12.2. The minimum absolute atomic E-state index is 0.0740. The van der Waals surface area contributed by atoms with Crippen molar-refractivity contribution in [2.24, 2.45) is 5.92 Å². The third-order valence-electron chi connectivity index (χ3n) is 3.90. The maximum Gasteiger partial charge on any atom is 0.0780 e. The van der Waals surface area contributed by atoms with Crippen molar-refractivity contribution in [3.8, 4) is 0 Å². The van der Waals surface area contributed by atoms with E-state index in [0.29, 0.717) is 12.7 Å². The van der Waals surface area contributed by atoms with Gasteiger partial charge < -0.3 is 9.47 Å². The van der Waals surface area contributed by atoms with Gasteiger partial charge in [0.05, 0.1) is 24.9 Å². The van der Waals surface area contributed by atoms with Gasteiger partial charge in [-0.1, -0.05) is 35.7 Å². The van der Waals surface area contributed by atoms with E-state index in [0.717, 1.165) is 17.9 Å². The van der Waals surface area contributed by atoms with Crippen molar-refractivity contribution in [3.63, 3.8) is 0 Å². The van der Waals surface area contributed by atoms with Crippen LogP contribution >= 0.6 is 15.9 Å². The molecule has 0 radical (unpaired) electrons. The second kappa shape index (κ2) is 8.55. The monoisotopic (exact) mass is 320 g/mol. The van der Waals surface area contributed by atoms with Crippen molar-refractivity contribution < 1.29 is 9.47 Å². The molecule has 0 aromatic rings. The topological polar surface area (TPSA) is 18.5 Å². The van der Waals surface area contributed by atoms with Gasteiger partial charge in [-0.05, 0) is 45.4 Å². The van der Waals surface area contributed by atoms with Crippen LogP contribution in [0.25, 0.3) is 0 Å². The molecule has 0 N–H and O–H groups in total. The molecule has 1 aliphatic rings. The molecule has 2 nitrogen and oxygen atoms in total. The van der Waals surface area contributed by atoms with Gasteiger partial charge in [-0.2, -0.15) is 0 Å². The summed E-state index contributed by atoms with van der Waals surface area (Å²) in [6.07, 6.45) is 8.04. The lowest BCUT2D eigenvalue weighted by Crippen LogP contribution is -2.40. The Balaban J connectivity index is 2.27. The number of hydrogen-bond acceptors (Lipinski definition) is 2. The van der Waals surface area contributed by atoms with Crippen LogP contribution in [0.5, 0.6) is 0 Å². The van der Waals surface area contributed by atoms with Crippen molar-refractivity contribution in [2.45, 2.75) is 71.0 Å². The molecule has 0 aliphatic heterocycles. The molecule has 0 aromatic carbocycles. The molecule has 0 unspecified atom stereocenters.